The Bertz CT molecular complexity index is 435. The first-order chi connectivity index (χ1) is 8.17. The van der Waals surface area contributed by atoms with Crippen LogP contribution in [-0.2, 0) is 14.3 Å². The Morgan fingerprint density at radius 1 is 1.47 bits per heavy atom. The van der Waals surface area contributed by atoms with E-state index in [1.54, 1.807) is 6.92 Å². The molecule has 0 amide bonds. The molecule has 17 heavy (non-hydrogen) atoms. The Kier molecular flexibility index (Phi) is 3.28. The maximum absolute atomic E-state index is 10.9. The summed E-state index contributed by atoms with van der Waals surface area (Å²) in [5, 5.41) is 0. The molecular weight excluding hydrogens is 216 g/mol. The minimum absolute atomic E-state index is 0.385. The minimum atomic E-state index is -0.760. The topological polar surface area (TPSA) is 35.5 Å². The fraction of sp³-hybridized carbons (Fsp3) is 0.357. The number of aldehydes is 1. The zero-order valence-electron chi connectivity index (χ0n) is 9.63. The van der Waals surface area contributed by atoms with E-state index in [-0.39, 0.29) is 0 Å². The van der Waals surface area contributed by atoms with Gasteiger partial charge in [-0.1, -0.05) is 36.3 Å². The van der Waals surface area contributed by atoms with Gasteiger partial charge in [-0.2, -0.15) is 0 Å². The summed E-state index contributed by atoms with van der Waals surface area (Å²) in [4.78, 5) is 10.9. The van der Waals surface area contributed by atoms with Gasteiger partial charge in [-0.05, 0) is 6.92 Å². The second-order valence-electron chi connectivity index (χ2n) is 4.25. The third-order valence-electron chi connectivity index (χ3n) is 2.79. The van der Waals surface area contributed by atoms with Crippen LogP contribution in [0.4, 0.5) is 0 Å². The molecule has 0 saturated carbocycles. The number of carbonyl (C=O) groups excluding carboxylic acids is 1. The van der Waals surface area contributed by atoms with E-state index in [1.165, 1.54) is 0 Å². The molecule has 1 aliphatic rings. The summed E-state index contributed by atoms with van der Waals surface area (Å²) in [6.45, 7) is 1.79. The molecule has 0 N–H and O–H groups in total. The van der Waals surface area contributed by atoms with Gasteiger partial charge >= 0.3 is 0 Å². The molecule has 1 aliphatic heterocycles. The molecule has 0 spiro atoms. The molecule has 1 aromatic carbocycles. The lowest BCUT2D eigenvalue weighted by Gasteiger charge is -2.38. The quantitative estimate of drug-likeness (QED) is 0.576. The fourth-order valence-electron chi connectivity index (χ4n) is 1.83. The van der Waals surface area contributed by atoms with E-state index in [2.05, 4.69) is 5.92 Å². The van der Waals surface area contributed by atoms with Gasteiger partial charge in [-0.25, -0.2) is 0 Å². The van der Waals surface area contributed by atoms with E-state index in [1.807, 2.05) is 30.3 Å². The van der Waals surface area contributed by atoms with Gasteiger partial charge in [-0.3, -0.25) is 0 Å². The van der Waals surface area contributed by atoms with Crippen LogP contribution in [0.2, 0.25) is 0 Å². The van der Waals surface area contributed by atoms with Gasteiger partial charge in [-0.15, -0.1) is 6.42 Å². The van der Waals surface area contributed by atoms with Crippen molar-refractivity contribution >= 4 is 6.29 Å². The highest BCUT2D eigenvalue weighted by atomic mass is 16.7. The number of benzene rings is 1. The second-order valence-corrected chi connectivity index (χ2v) is 4.25. The van der Waals surface area contributed by atoms with E-state index in [4.69, 9.17) is 15.9 Å². The maximum Gasteiger partial charge on any atom is 0.186 e. The van der Waals surface area contributed by atoms with Gasteiger partial charge in [0.2, 0.25) is 0 Å². The molecule has 1 aromatic rings. The van der Waals surface area contributed by atoms with Crippen molar-refractivity contribution in [3.8, 4) is 12.3 Å². The fourth-order valence-corrected chi connectivity index (χ4v) is 1.83. The van der Waals surface area contributed by atoms with Crippen LogP contribution in [0, 0.1) is 12.3 Å². The Morgan fingerprint density at radius 2 is 2.18 bits per heavy atom. The average Bonchev–Trinajstić information content (AvgIpc) is 2.39. The van der Waals surface area contributed by atoms with Gasteiger partial charge in [0.1, 0.15) is 18.0 Å². The van der Waals surface area contributed by atoms with Crippen LogP contribution in [0.25, 0.3) is 0 Å². The van der Waals surface area contributed by atoms with Gasteiger partial charge in [0.25, 0.3) is 0 Å². The zero-order valence-corrected chi connectivity index (χ0v) is 9.63. The summed E-state index contributed by atoms with van der Waals surface area (Å²) >= 11 is 0. The van der Waals surface area contributed by atoms with Crippen LogP contribution < -0.4 is 0 Å². The van der Waals surface area contributed by atoms with Crippen LogP contribution in [0.5, 0.6) is 0 Å². The monoisotopic (exact) mass is 230 g/mol. The highest BCUT2D eigenvalue weighted by Crippen LogP contribution is 2.34. The normalized spacial score (nSPS) is 32.7. The van der Waals surface area contributed by atoms with Crippen LogP contribution >= 0.6 is 0 Å². The smallest absolute Gasteiger partial charge is 0.186 e. The Labute approximate surface area is 101 Å². The van der Waals surface area contributed by atoms with Crippen LogP contribution in [0.1, 0.15) is 25.2 Å². The Morgan fingerprint density at radius 3 is 2.76 bits per heavy atom. The van der Waals surface area contributed by atoms with Crippen LogP contribution in [-0.4, -0.2) is 18.0 Å². The van der Waals surface area contributed by atoms with Crippen molar-refractivity contribution in [1.29, 1.82) is 0 Å². The van der Waals surface area contributed by atoms with E-state index < -0.39 is 18.0 Å². The molecule has 1 heterocycles. The van der Waals surface area contributed by atoms with E-state index >= 15 is 0 Å². The first kappa shape index (κ1) is 11.8. The molecule has 1 fully saturated rings. The van der Waals surface area contributed by atoms with Crippen molar-refractivity contribution in [2.24, 2.45) is 0 Å². The minimum Gasteiger partial charge on any atom is -0.337 e. The summed E-state index contributed by atoms with van der Waals surface area (Å²) in [6, 6.07) is 9.45. The van der Waals surface area contributed by atoms with Gasteiger partial charge < -0.3 is 14.3 Å². The summed E-state index contributed by atoms with van der Waals surface area (Å²) in [7, 11) is 0. The standard InChI is InChI=1S/C14H14O3/c1-3-14(2)9-12(10-15)16-13(17-14)11-7-5-4-6-8-11/h1,4-8,10,12-13H,9H2,2H3/t12-,13+,14+/m0/s1. The number of hydrogen-bond acceptors (Lipinski definition) is 3. The summed E-state index contributed by atoms with van der Waals surface area (Å²) < 4.78 is 11.3. The third-order valence-corrected chi connectivity index (χ3v) is 2.79. The largest absolute Gasteiger partial charge is 0.337 e. The van der Waals surface area contributed by atoms with E-state index in [9.17, 15) is 4.79 Å². The summed E-state index contributed by atoms with van der Waals surface area (Å²) in [6.07, 6.45) is 5.50. The highest BCUT2D eigenvalue weighted by Gasteiger charge is 2.38. The van der Waals surface area contributed by atoms with Crippen molar-refractivity contribution in [2.45, 2.75) is 31.3 Å². The van der Waals surface area contributed by atoms with Crippen LogP contribution in [0.3, 0.4) is 0 Å². The lowest BCUT2D eigenvalue weighted by atomic mass is 9.97. The molecule has 3 heteroatoms. The van der Waals surface area contributed by atoms with Crippen molar-refractivity contribution < 1.29 is 14.3 Å². The zero-order chi connectivity index (χ0) is 12.3. The predicted molar refractivity (Wildman–Crippen MR) is 63.1 cm³/mol. The second kappa shape index (κ2) is 4.70. The molecule has 88 valence electrons. The number of carbonyl (C=O) groups is 1. The van der Waals surface area contributed by atoms with E-state index in [0.717, 1.165) is 11.8 Å². The molecule has 0 unspecified atom stereocenters. The van der Waals surface area contributed by atoms with Gasteiger partial charge in [0.15, 0.2) is 6.29 Å². The summed E-state index contributed by atoms with van der Waals surface area (Å²) in [5.41, 5.74) is 0.102. The molecule has 3 nitrogen and oxygen atoms in total. The van der Waals surface area contributed by atoms with Gasteiger partial charge in [0.05, 0.1) is 0 Å². The lowest BCUT2D eigenvalue weighted by molar-refractivity contribution is -0.257. The molecule has 0 bridgehead atoms. The third kappa shape index (κ3) is 2.55. The number of terminal acetylenes is 1. The van der Waals surface area contributed by atoms with Crippen LogP contribution in [0.15, 0.2) is 30.3 Å². The molecule has 0 aromatic heterocycles. The molecular formula is C14H14O3. The number of hydrogen-bond donors (Lipinski definition) is 0. The molecule has 0 radical (unpaired) electrons. The van der Waals surface area contributed by atoms with Crippen molar-refractivity contribution in [3.05, 3.63) is 35.9 Å². The Balaban J connectivity index is 2.24. The van der Waals surface area contributed by atoms with Crippen molar-refractivity contribution in [3.63, 3.8) is 0 Å². The van der Waals surface area contributed by atoms with Gasteiger partial charge in [0, 0.05) is 12.0 Å². The maximum atomic E-state index is 10.9. The average molecular weight is 230 g/mol. The summed E-state index contributed by atoms with van der Waals surface area (Å²) in [5.74, 6) is 2.58. The first-order valence-electron chi connectivity index (χ1n) is 5.48. The number of rotatable bonds is 2. The molecule has 3 atom stereocenters. The molecule has 1 saturated heterocycles. The lowest BCUT2D eigenvalue weighted by Crippen LogP contribution is -2.42. The van der Waals surface area contributed by atoms with Crippen molar-refractivity contribution in [1.82, 2.24) is 0 Å². The number of ether oxygens (including phenoxy) is 2. The SMILES string of the molecule is C#C[C@]1(C)C[C@@H](C=O)O[C@@H](c2ccccc2)O1. The Hall–Kier alpha value is -1.63. The highest BCUT2D eigenvalue weighted by molar-refractivity contribution is 5.56. The first-order valence-corrected chi connectivity index (χ1v) is 5.48. The van der Waals surface area contributed by atoms with Crippen molar-refractivity contribution in [2.75, 3.05) is 0 Å². The molecule has 2 rings (SSSR count). The predicted octanol–water partition coefficient (Wildman–Crippen LogP) is 2.08. The van der Waals surface area contributed by atoms with E-state index in [0.29, 0.717) is 6.42 Å². The molecule has 0 aliphatic carbocycles.